The second-order valence-corrected chi connectivity index (χ2v) is 9.26. The minimum absolute atomic E-state index is 0.0516. The van der Waals surface area contributed by atoms with Crippen LogP contribution in [0.1, 0.15) is 28.9 Å². The Bertz CT molecular complexity index is 1340. The molecule has 1 amide bonds. The third-order valence-electron chi connectivity index (χ3n) is 6.53. The number of aromatic nitrogens is 4. The van der Waals surface area contributed by atoms with Crippen LogP contribution in [0.5, 0.6) is 0 Å². The molecule has 0 atom stereocenters. The summed E-state index contributed by atoms with van der Waals surface area (Å²) in [6, 6.07) is 18.4. The Labute approximate surface area is 205 Å². The Morgan fingerprint density at radius 2 is 1.57 bits per heavy atom. The molecule has 0 aliphatic carbocycles. The molecule has 0 saturated carbocycles. The maximum absolute atomic E-state index is 12.4. The number of nitrogens with one attached hydrogen (secondary N) is 1. The normalized spacial score (nSPS) is 13.9. The van der Waals surface area contributed by atoms with Gasteiger partial charge in [-0.15, -0.1) is 15.3 Å². The predicted molar refractivity (Wildman–Crippen MR) is 139 cm³/mol. The van der Waals surface area contributed by atoms with Crippen molar-refractivity contribution in [3.05, 3.63) is 77.1 Å². The summed E-state index contributed by atoms with van der Waals surface area (Å²) in [7, 11) is 0. The molecule has 180 valence electrons. The number of nitrogens with zero attached hydrogens (tertiary/aromatic N) is 6. The SMILES string of the molecule is Cc1ccc(NC(=O)CCc2nnc3ccc(N4CCN(c5cc(C)ccc5C)CC4)nn23)cc1. The van der Waals surface area contributed by atoms with Crippen molar-refractivity contribution in [2.75, 3.05) is 41.3 Å². The van der Waals surface area contributed by atoms with E-state index in [1.165, 1.54) is 16.8 Å². The summed E-state index contributed by atoms with van der Waals surface area (Å²) >= 11 is 0. The van der Waals surface area contributed by atoms with Crippen molar-refractivity contribution < 1.29 is 4.79 Å². The van der Waals surface area contributed by atoms with E-state index < -0.39 is 0 Å². The van der Waals surface area contributed by atoms with Crippen molar-refractivity contribution in [3.8, 4) is 0 Å². The van der Waals surface area contributed by atoms with Gasteiger partial charge in [-0.1, -0.05) is 29.8 Å². The lowest BCUT2D eigenvalue weighted by Crippen LogP contribution is -2.47. The number of hydrogen-bond donors (Lipinski definition) is 1. The van der Waals surface area contributed by atoms with Crippen molar-refractivity contribution in [1.29, 1.82) is 0 Å². The topological polar surface area (TPSA) is 78.7 Å². The van der Waals surface area contributed by atoms with Crippen LogP contribution in [0.2, 0.25) is 0 Å². The van der Waals surface area contributed by atoms with Crippen LogP contribution < -0.4 is 15.1 Å². The maximum Gasteiger partial charge on any atom is 0.224 e. The highest BCUT2D eigenvalue weighted by atomic mass is 16.1. The molecule has 1 fully saturated rings. The molecule has 8 heteroatoms. The molecule has 1 aliphatic heterocycles. The smallest absolute Gasteiger partial charge is 0.224 e. The molecule has 0 spiro atoms. The summed E-state index contributed by atoms with van der Waals surface area (Å²) in [5.74, 6) is 1.54. The van der Waals surface area contributed by atoms with Crippen LogP contribution >= 0.6 is 0 Å². The number of fused-ring (bicyclic) bond motifs is 1. The molecule has 1 saturated heterocycles. The monoisotopic (exact) mass is 469 g/mol. The first-order chi connectivity index (χ1) is 17.0. The molecule has 1 N–H and O–H groups in total. The van der Waals surface area contributed by atoms with Gasteiger partial charge in [0.1, 0.15) is 5.82 Å². The van der Waals surface area contributed by atoms with Gasteiger partial charge in [-0.2, -0.15) is 4.52 Å². The predicted octanol–water partition coefficient (Wildman–Crippen LogP) is 3.95. The van der Waals surface area contributed by atoms with Crippen molar-refractivity contribution >= 4 is 28.7 Å². The van der Waals surface area contributed by atoms with Gasteiger partial charge in [-0.05, 0) is 62.2 Å². The van der Waals surface area contributed by atoms with Gasteiger partial charge in [0.15, 0.2) is 11.5 Å². The first-order valence-corrected chi connectivity index (χ1v) is 12.1. The van der Waals surface area contributed by atoms with Crippen molar-refractivity contribution in [2.45, 2.75) is 33.6 Å². The Balaban J connectivity index is 1.23. The van der Waals surface area contributed by atoms with Crippen LogP contribution in [-0.2, 0) is 11.2 Å². The number of anilines is 3. The first-order valence-electron chi connectivity index (χ1n) is 12.1. The third-order valence-corrected chi connectivity index (χ3v) is 6.53. The second-order valence-electron chi connectivity index (χ2n) is 9.26. The Morgan fingerprint density at radius 1 is 0.857 bits per heavy atom. The van der Waals surface area contributed by atoms with Crippen molar-refractivity contribution in [3.63, 3.8) is 0 Å². The lowest BCUT2D eigenvalue weighted by molar-refractivity contribution is -0.116. The van der Waals surface area contributed by atoms with Gasteiger partial charge < -0.3 is 15.1 Å². The molecule has 1 aliphatic rings. The van der Waals surface area contributed by atoms with Crippen LogP contribution in [0, 0.1) is 20.8 Å². The molecular formula is C27H31N7O. The number of amides is 1. The molecule has 2 aromatic heterocycles. The van der Waals surface area contributed by atoms with Gasteiger partial charge in [0.2, 0.25) is 5.91 Å². The fourth-order valence-electron chi connectivity index (χ4n) is 4.47. The van der Waals surface area contributed by atoms with Crippen molar-refractivity contribution in [1.82, 2.24) is 19.8 Å². The van der Waals surface area contributed by atoms with E-state index in [0.29, 0.717) is 24.3 Å². The first kappa shape index (κ1) is 22.8. The number of hydrogen-bond acceptors (Lipinski definition) is 6. The maximum atomic E-state index is 12.4. The van der Waals surface area contributed by atoms with E-state index in [2.05, 4.69) is 57.4 Å². The Kier molecular flexibility index (Phi) is 6.35. The average molecular weight is 470 g/mol. The number of piperazine rings is 1. The van der Waals surface area contributed by atoms with Crippen LogP contribution in [0.3, 0.4) is 0 Å². The molecule has 35 heavy (non-hydrogen) atoms. The van der Waals surface area contributed by atoms with E-state index in [-0.39, 0.29) is 5.91 Å². The summed E-state index contributed by atoms with van der Waals surface area (Å²) in [4.78, 5) is 17.2. The zero-order chi connectivity index (χ0) is 24.4. The zero-order valence-corrected chi connectivity index (χ0v) is 20.5. The summed E-state index contributed by atoms with van der Waals surface area (Å²) in [6.07, 6.45) is 0.783. The van der Waals surface area contributed by atoms with Crippen LogP contribution in [0.15, 0.2) is 54.6 Å². The van der Waals surface area contributed by atoms with E-state index in [0.717, 1.165) is 43.2 Å². The van der Waals surface area contributed by atoms with Gasteiger partial charge in [-0.25, -0.2) is 0 Å². The fourth-order valence-corrected chi connectivity index (χ4v) is 4.47. The third kappa shape index (κ3) is 5.11. The molecule has 0 unspecified atom stereocenters. The largest absolute Gasteiger partial charge is 0.368 e. The number of benzene rings is 2. The number of carbonyl (C=O) groups is 1. The molecule has 8 nitrogen and oxygen atoms in total. The highest BCUT2D eigenvalue weighted by Gasteiger charge is 2.21. The Hall–Kier alpha value is -3.94. The lowest BCUT2D eigenvalue weighted by atomic mass is 10.1. The van der Waals surface area contributed by atoms with Crippen LogP contribution in [0.25, 0.3) is 5.65 Å². The van der Waals surface area contributed by atoms with Crippen LogP contribution in [0.4, 0.5) is 17.2 Å². The lowest BCUT2D eigenvalue weighted by Gasteiger charge is -2.37. The summed E-state index contributed by atoms with van der Waals surface area (Å²) in [6.45, 7) is 10.0. The van der Waals surface area contributed by atoms with Crippen LogP contribution in [-0.4, -0.2) is 51.9 Å². The summed E-state index contributed by atoms with van der Waals surface area (Å²) in [5.41, 5.74) is 6.56. The minimum Gasteiger partial charge on any atom is -0.368 e. The number of aryl methyl sites for hydroxylation is 4. The van der Waals surface area contributed by atoms with Gasteiger partial charge in [0, 0.05) is 50.4 Å². The molecular weight excluding hydrogens is 438 g/mol. The molecule has 5 rings (SSSR count). The van der Waals surface area contributed by atoms with E-state index in [1.807, 2.05) is 43.3 Å². The minimum atomic E-state index is -0.0516. The zero-order valence-electron chi connectivity index (χ0n) is 20.5. The molecule has 0 radical (unpaired) electrons. The number of rotatable bonds is 6. The molecule has 4 aromatic rings. The van der Waals surface area contributed by atoms with Gasteiger partial charge in [0.25, 0.3) is 0 Å². The molecule has 2 aromatic carbocycles. The van der Waals surface area contributed by atoms with E-state index in [4.69, 9.17) is 5.10 Å². The standard InChI is InChI=1S/C27H31N7O/c1-19-5-8-22(9-6-19)28-27(35)13-12-25-30-29-24-10-11-26(31-34(24)25)33-16-14-32(15-17-33)23-18-20(2)4-7-21(23)3/h4-11,18H,12-17H2,1-3H3,(H,28,35). The quantitative estimate of drug-likeness (QED) is 0.461. The Morgan fingerprint density at radius 3 is 2.34 bits per heavy atom. The van der Waals surface area contributed by atoms with Gasteiger partial charge in [-0.3, -0.25) is 4.79 Å². The van der Waals surface area contributed by atoms with Gasteiger partial charge in [0.05, 0.1) is 0 Å². The highest BCUT2D eigenvalue weighted by molar-refractivity contribution is 5.90. The molecule has 0 bridgehead atoms. The van der Waals surface area contributed by atoms with Crippen molar-refractivity contribution in [2.24, 2.45) is 0 Å². The average Bonchev–Trinajstić information content (AvgIpc) is 3.28. The van der Waals surface area contributed by atoms with E-state index in [9.17, 15) is 4.79 Å². The van der Waals surface area contributed by atoms with Gasteiger partial charge >= 0.3 is 0 Å². The fraction of sp³-hybridized carbons (Fsp3) is 0.333. The second kappa shape index (κ2) is 9.74. The number of carbonyl (C=O) groups excluding carboxylic acids is 1. The van der Waals surface area contributed by atoms with E-state index >= 15 is 0 Å². The van der Waals surface area contributed by atoms with E-state index in [1.54, 1.807) is 4.52 Å². The summed E-state index contributed by atoms with van der Waals surface area (Å²) in [5, 5.41) is 16.3. The molecule has 3 heterocycles. The summed E-state index contributed by atoms with van der Waals surface area (Å²) < 4.78 is 1.77. The highest BCUT2D eigenvalue weighted by Crippen LogP contribution is 2.24.